The average Bonchev–Trinajstić information content (AvgIpc) is 2.44. The molecule has 140 valence electrons. The van der Waals surface area contributed by atoms with Gasteiger partial charge < -0.3 is 10.6 Å². The molecule has 0 heterocycles. The van der Waals surface area contributed by atoms with Gasteiger partial charge in [0.2, 0.25) is 12.3 Å². The monoisotopic (exact) mass is 346 g/mol. The molecule has 0 radical (unpaired) electrons. The van der Waals surface area contributed by atoms with Crippen molar-refractivity contribution < 1.29 is 9.59 Å². The number of amides is 2. The fraction of sp³-hybridized carbons (Fsp3) is 0.619. The van der Waals surface area contributed by atoms with Gasteiger partial charge in [-0.05, 0) is 33.4 Å². The number of primary amides is 1. The Morgan fingerprint density at radius 2 is 1.32 bits per heavy atom. The lowest BCUT2D eigenvalue weighted by atomic mass is 9.72. The molecule has 0 aromatic heterocycles. The van der Waals surface area contributed by atoms with E-state index in [1.165, 1.54) is 4.90 Å². The smallest absolute Gasteiger partial charge is 0.248 e. The van der Waals surface area contributed by atoms with E-state index >= 15 is 0 Å². The summed E-state index contributed by atoms with van der Waals surface area (Å²) >= 11 is 0. The summed E-state index contributed by atoms with van der Waals surface area (Å²) in [5, 5.41) is 0. The molecule has 0 aliphatic rings. The zero-order chi connectivity index (χ0) is 19.8. The molecular weight excluding hydrogens is 312 g/mol. The van der Waals surface area contributed by atoms with Gasteiger partial charge in [0.25, 0.3) is 0 Å². The maximum atomic E-state index is 12.6. The molecule has 1 aromatic carbocycles. The van der Waals surface area contributed by atoms with Crippen molar-refractivity contribution in [3.8, 4) is 0 Å². The maximum Gasteiger partial charge on any atom is 0.248 e. The van der Waals surface area contributed by atoms with Crippen molar-refractivity contribution in [2.75, 3.05) is 7.05 Å². The summed E-state index contributed by atoms with van der Waals surface area (Å²) in [5.41, 5.74) is 7.54. The highest BCUT2D eigenvalue weighted by Crippen LogP contribution is 2.39. The Morgan fingerprint density at radius 1 is 0.960 bits per heavy atom. The van der Waals surface area contributed by atoms with Crippen LogP contribution in [0.2, 0.25) is 0 Å². The Balaban J connectivity index is 3.93. The number of hydrogen-bond acceptors (Lipinski definition) is 2. The van der Waals surface area contributed by atoms with E-state index < -0.39 is 11.4 Å². The van der Waals surface area contributed by atoms with Gasteiger partial charge >= 0.3 is 0 Å². The molecule has 0 spiro atoms. The van der Waals surface area contributed by atoms with Crippen molar-refractivity contribution in [3.63, 3.8) is 0 Å². The highest BCUT2D eigenvalue weighted by atomic mass is 16.2. The van der Waals surface area contributed by atoms with Crippen LogP contribution in [0.3, 0.4) is 0 Å². The van der Waals surface area contributed by atoms with Gasteiger partial charge in [0, 0.05) is 7.05 Å². The first-order valence-electron chi connectivity index (χ1n) is 8.83. The van der Waals surface area contributed by atoms with Gasteiger partial charge in [-0.25, -0.2) is 0 Å². The fourth-order valence-corrected chi connectivity index (χ4v) is 3.34. The van der Waals surface area contributed by atoms with Crippen LogP contribution in [0, 0.1) is 5.92 Å². The van der Waals surface area contributed by atoms with Gasteiger partial charge in [0.1, 0.15) is 5.54 Å². The van der Waals surface area contributed by atoms with Gasteiger partial charge in [-0.15, -0.1) is 0 Å². The Morgan fingerprint density at radius 3 is 1.56 bits per heavy atom. The Kier molecular flexibility index (Phi) is 5.78. The van der Waals surface area contributed by atoms with E-state index in [0.29, 0.717) is 6.41 Å². The van der Waals surface area contributed by atoms with E-state index in [2.05, 4.69) is 47.6 Å². The standard InChI is InChI=1S/C21H34N2O2/c1-14(2)21(18(22)25,23(9)13-24)17-11-15(19(3,4)5)10-16(12-17)20(6,7)8/h10-14H,1-9H3,(H2,22,25)/t21-/m0/s1. The summed E-state index contributed by atoms with van der Waals surface area (Å²) in [4.78, 5) is 25.6. The summed E-state index contributed by atoms with van der Waals surface area (Å²) < 4.78 is 0. The Labute approximate surface area is 152 Å². The molecule has 0 bridgehead atoms. The first kappa shape index (κ1) is 21.2. The lowest BCUT2D eigenvalue weighted by Gasteiger charge is -2.42. The second-order valence-corrected chi connectivity index (χ2v) is 9.30. The van der Waals surface area contributed by atoms with E-state index in [4.69, 9.17) is 5.73 Å². The van der Waals surface area contributed by atoms with Crippen LogP contribution >= 0.6 is 0 Å². The number of carbonyl (C=O) groups excluding carboxylic acids is 2. The SMILES string of the molecule is CC(C)[C@@](C(N)=O)(c1cc(C(C)(C)C)cc(C(C)(C)C)c1)N(C)C=O. The van der Waals surface area contributed by atoms with Crippen molar-refractivity contribution in [2.45, 2.75) is 71.8 Å². The number of nitrogens with two attached hydrogens (primary N) is 1. The average molecular weight is 347 g/mol. The Hall–Kier alpha value is -1.84. The third-order valence-electron chi connectivity index (χ3n) is 5.03. The number of carbonyl (C=O) groups is 2. The van der Waals surface area contributed by atoms with Crippen molar-refractivity contribution in [3.05, 3.63) is 34.9 Å². The van der Waals surface area contributed by atoms with E-state index in [1.54, 1.807) is 7.05 Å². The topological polar surface area (TPSA) is 63.4 Å². The molecule has 0 saturated heterocycles. The molecule has 25 heavy (non-hydrogen) atoms. The maximum absolute atomic E-state index is 12.6. The quantitative estimate of drug-likeness (QED) is 0.826. The number of rotatable bonds is 5. The van der Waals surface area contributed by atoms with Crippen LogP contribution in [0.1, 0.15) is 72.1 Å². The number of benzene rings is 1. The minimum Gasteiger partial charge on any atom is -0.367 e. The van der Waals surface area contributed by atoms with Crippen LogP contribution in [0.15, 0.2) is 18.2 Å². The molecule has 0 aliphatic heterocycles. The third kappa shape index (κ3) is 3.88. The van der Waals surface area contributed by atoms with Gasteiger partial charge in [0.15, 0.2) is 0 Å². The van der Waals surface area contributed by atoms with Crippen LogP contribution in [0.25, 0.3) is 0 Å². The molecule has 1 rings (SSSR count). The second-order valence-electron chi connectivity index (χ2n) is 9.30. The molecule has 0 unspecified atom stereocenters. The normalized spacial score (nSPS) is 15.0. The van der Waals surface area contributed by atoms with E-state index in [1.807, 2.05) is 26.0 Å². The van der Waals surface area contributed by atoms with Crippen molar-refractivity contribution in [1.29, 1.82) is 0 Å². The summed E-state index contributed by atoms with van der Waals surface area (Å²) in [5.74, 6) is -0.675. The van der Waals surface area contributed by atoms with Crippen LogP contribution < -0.4 is 5.73 Å². The van der Waals surface area contributed by atoms with Gasteiger partial charge in [0.05, 0.1) is 0 Å². The summed E-state index contributed by atoms with van der Waals surface area (Å²) in [6.07, 6.45) is 0.686. The van der Waals surface area contributed by atoms with Crippen LogP contribution in [0.5, 0.6) is 0 Å². The predicted molar refractivity (Wildman–Crippen MR) is 103 cm³/mol. The highest BCUT2D eigenvalue weighted by molar-refractivity contribution is 5.88. The molecule has 4 nitrogen and oxygen atoms in total. The fourth-order valence-electron chi connectivity index (χ4n) is 3.34. The van der Waals surface area contributed by atoms with Gasteiger partial charge in [-0.3, -0.25) is 9.59 Å². The predicted octanol–water partition coefficient (Wildman–Crippen LogP) is 3.71. The van der Waals surface area contributed by atoms with Crippen molar-refractivity contribution >= 4 is 12.3 Å². The van der Waals surface area contributed by atoms with Gasteiger partial charge in [-0.2, -0.15) is 0 Å². The number of hydrogen-bond donors (Lipinski definition) is 1. The van der Waals surface area contributed by atoms with E-state index in [-0.39, 0.29) is 16.7 Å². The Bertz CT molecular complexity index is 619. The zero-order valence-electron chi connectivity index (χ0n) is 17.2. The molecule has 0 aliphatic carbocycles. The van der Waals surface area contributed by atoms with E-state index in [0.717, 1.165) is 16.7 Å². The van der Waals surface area contributed by atoms with Crippen molar-refractivity contribution in [1.82, 2.24) is 4.90 Å². The molecule has 1 atom stereocenters. The summed E-state index contributed by atoms with van der Waals surface area (Å²) in [7, 11) is 1.62. The molecule has 4 heteroatoms. The molecule has 2 amide bonds. The van der Waals surface area contributed by atoms with Crippen LogP contribution in [-0.2, 0) is 26.0 Å². The van der Waals surface area contributed by atoms with Crippen molar-refractivity contribution in [2.24, 2.45) is 11.7 Å². The lowest BCUT2D eigenvalue weighted by molar-refractivity contribution is -0.141. The van der Waals surface area contributed by atoms with E-state index in [9.17, 15) is 9.59 Å². The first-order valence-corrected chi connectivity index (χ1v) is 8.83. The minimum atomic E-state index is -1.18. The molecule has 2 N–H and O–H groups in total. The summed E-state index contributed by atoms with van der Waals surface area (Å²) in [6.45, 7) is 16.7. The first-order chi connectivity index (χ1) is 11.2. The molecular formula is C21H34N2O2. The second kappa shape index (κ2) is 6.81. The largest absolute Gasteiger partial charge is 0.367 e. The molecule has 1 aromatic rings. The van der Waals surface area contributed by atoms with Crippen LogP contribution in [-0.4, -0.2) is 24.3 Å². The number of nitrogens with zero attached hydrogens (tertiary/aromatic N) is 1. The zero-order valence-corrected chi connectivity index (χ0v) is 17.2. The van der Waals surface area contributed by atoms with Crippen LogP contribution in [0.4, 0.5) is 0 Å². The lowest BCUT2D eigenvalue weighted by Crippen LogP contribution is -2.56. The minimum absolute atomic E-state index is 0.0872. The van der Waals surface area contributed by atoms with Gasteiger partial charge in [-0.1, -0.05) is 73.6 Å². The number of likely N-dealkylation sites (N-methyl/N-ethyl adjacent to an activating group) is 1. The molecule has 0 saturated carbocycles. The third-order valence-corrected chi connectivity index (χ3v) is 5.03. The highest BCUT2D eigenvalue weighted by Gasteiger charge is 2.46. The summed E-state index contributed by atoms with van der Waals surface area (Å²) in [6, 6.07) is 6.25. The molecule has 0 fully saturated rings.